The van der Waals surface area contributed by atoms with Gasteiger partial charge in [0.15, 0.2) is 6.29 Å². The van der Waals surface area contributed by atoms with Gasteiger partial charge in [-0.15, -0.1) is 0 Å². The molecule has 2 amide bonds. The van der Waals surface area contributed by atoms with Crippen LogP contribution in [0.3, 0.4) is 0 Å². The number of rotatable bonds is 8. The third-order valence-corrected chi connectivity index (χ3v) is 6.77. The molecular formula is C23H32N2O13. The zero-order valence-electron chi connectivity index (χ0n) is 20.5. The molecule has 2 aliphatic heterocycles. The van der Waals surface area contributed by atoms with Gasteiger partial charge in [-0.05, 0) is 12.1 Å². The summed E-state index contributed by atoms with van der Waals surface area (Å²) >= 11 is 0. The summed E-state index contributed by atoms with van der Waals surface area (Å²) in [6.45, 7) is -0.668. The van der Waals surface area contributed by atoms with Gasteiger partial charge in [-0.3, -0.25) is 9.59 Å². The largest absolute Gasteiger partial charge is 0.478 e. The van der Waals surface area contributed by atoms with Gasteiger partial charge in [0, 0.05) is 14.0 Å². The highest BCUT2D eigenvalue weighted by Gasteiger charge is 2.64. The lowest BCUT2D eigenvalue weighted by atomic mass is 9.73. The molecule has 2 aliphatic rings. The van der Waals surface area contributed by atoms with E-state index in [9.17, 15) is 50.1 Å². The lowest BCUT2D eigenvalue weighted by molar-refractivity contribution is -0.347. The molecular weight excluding hydrogens is 512 g/mol. The van der Waals surface area contributed by atoms with Gasteiger partial charge in [0.2, 0.25) is 5.91 Å². The van der Waals surface area contributed by atoms with Gasteiger partial charge < -0.3 is 60.6 Å². The predicted molar refractivity (Wildman–Crippen MR) is 124 cm³/mol. The SMILES string of the molecule is CO[C@H]1O[C@H](CO)[C@](O)([C@@H]2O[C@H](CO)[C@H](O)[C@@H](NC(=O)c3ccccc3C(=O)O)[C@H]2O)[C@H](O)[C@@H]1NC(C)=O. The molecule has 0 aliphatic carbocycles. The maximum atomic E-state index is 13.0. The molecule has 1 aromatic rings. The minimum absolute atomic E-state index is 0.301. The van der Waals surface area contributed by atoms with Crippen molar-refractivity contribution in [1.82, 2.24) is 10.6 Å². The van der Waals surface area contributed by atoms with Crippen molar-refractivity contribution in [3.05, 3.63) is 35.4 Å². The van der Waals surface area contributed by atoms with Crippen LogP contribution >= 0.6 is 0 Å². The Labute approximate surface area is 216 Å². The summed E-state index contributed by atoms with van der Waals surface area (Å²) in [5.41, 5.74) is -3.36. The van der Waals surface area contributed by atoms with Crippen LogP contribution in [0.1, 0.15) is 27.6 Å². The average molecular weight is 545 g/mol. The van der Waals surface area contributed by atoms with Crippen molar-refractivity contribution >= 4 is 17.8 Å². The van der Waals surface area contributed by atoms with Crippen LogP contribution < -0.4 is 10.6 Å². The van der Waals surface area contributed by atoms with Gasteiger partial charge in [0.05, 0.1) is 30.4 Å². The van der Waals surface area contributed by atoms with E-state index < -0.39 is 91.6 Å². The molecule has 0 spiro atoms. The first kappa shape index (κ1) is 29.8. The standard InChI is InChI=1S/C23H32N2O13/c1-9(28)24-15-18(31)23(35,13(8-27)38-22(15)36-2)19-17(30)14(16(29)12(7-26)37-19)25-20(32)10-5-3-4-6-11(10)21(33)34/h3-6,12-19,22,26-27,29-31,35H,7-8H2,1-2H3,(H,24,28)(H,25,32)(H,33,34)/t12-,13-,14-,15+,16+,17-,18-,19-,22+,23-/m1/s1. The number of carbonyl (C=O) groups is 3. The van der Waals surface area contributed by atoms with Crippen molar-refractivity contribution in [2.45, 2.75) is 67.5 Å². The molecule has 0 unspecified atom stereocenters. The third-order valence-electron chi connectivity index (χ3n) is 6.77. The predicted octanol–water partition coefficient (Wildman–Crippen LogP) is -4.07. The Morgan fingerprint density at radius 1 is 0.974 bits per heavy atom. The fraction of sp³-hybridized carbons (Fsp3) is 0.609. The van der Waals surface area contributed by atoms with Crippen LogP contribution in [0.4, 0.5) is 0 Å². The lowest BCUT2D eigenvalue weighted by Crippen LogP contribution is -2.79. The van der Waals surface area contributed by atoms with E-state index in [1.54, 1.807) is 0 Å². The quantitative estimate of drug-likeness (QED) is 0.151. The fourth-order valence-corrected chi connectivity index (χ4v) is 4.88. The Morgan fingerprint density at radius 3 is 2.13 bits per heavy atom. The second kappa shape index (κ2) is 12.0. The first-order valence-electron chi connectivity index (χ1n) is 11.6. The molecule has 15 heteroatoms. The second-order valence-electron chi connectivity index (χ2n) is 9.08. The van der Waals surface area contributed by atoms with E-state index >= 15 is 0 Å². The average Bonchev–Trinajstić information content (AvgIpc) is 2.89. The molecule has 2 saturated heterocycles. The number of carboxylic acids is 1. The van der Waals surface area contributed by atoms with Crippen LogP contribution in [0.15, 0.2) is 24.3 Å². The van der Waals surface area contributed by atoms with Crippen LogP contribution in [-0.4, -0.2) is 134 Å². The van der Waals surface area contributed by atoms with E-state index in [0.717, 1.165) is 6.92 Å². The van der Waals surface area contributed by atoms with Gasteiger partial charge >= 0.3 is 5.97 Å². The van der Waals surface area contributed by atoms with E-state index in [1.807, 2.05) is 0 Å². The Morgan fingerprint density at radius 2 is 1.61 bits per heavy atom. The smallest absolute Gasteiger partial charge is 0.336 e. The maximum absolute atomic E-state index is 13.0. The number of carbonyl (C=O) groups excluding carboxylic acids is 2. The molecule has 0 aromatic heterocycles. The van der Waals surface area contributed by atoms with E-state index in [0.29, 0.717) is 0 Å². The zero-order valence-corrected chi connectivity index (χ0v) is 20.5. The van der Waals surface area contributed by atoms with Crippen LogP contribution in [-0.2, 0) is 19.0 Å². The van der Waals surface area contributed by atoms with Crippen molar-refractivity contribution in [3.63, 3.8) is 0 Å². The molecule has 2 fully saturated rings. The number of amides is 2. The first-order chi connectivity index (χ1) is 17.9. The van der Waals surface area contributed by atoms with Gasteiger partial charge in [0.25, 0.3) is 5.91 Å². The molecule has 38 heavy (non-hydrogen) atoms. The highest BCUT2D eigenvalue weighted by atomic mass is 16.7. The molecule has 1 aromatic carbocycles. The number of carboxylic acid groups (broad SMARTS) is 1. The monoisotopic (exact) mass is 544 g/mol. The molecule has 3 rings (SSSR count). The van der Waals surface area contributed by atoms with Crippen LogP contribution in [0, 0.1) is 0 Å². The second-order valence-corrected chi connectivity index (χ2v) is 9.08. The normalized spacial score (nSPS) is 37.3. The molecule has 10 atom stereocenters. The first-order valence-corrected chi connectivity index (χ1v) is 11.6. The van der Waals surface area contributed by atoms with Crippen molar-refractivity contribution < 1.29 is 64.3 Å². The number of nitrogens with one attached hydrogen (secondary N) is 2. The highest BCUT2D eigenvalue weighted by molar-refractivity contribution is 6.04. The van der Waals surface area contributed by atoms with Gasteiger partial charge in [-0.1, -0.05) is 12.1 Å². The number of hydrogen-bond acceptors (Lipinski definition) is 12. The number of hydrogen-bond donors (Lipinski definition) is 9. The van der Waals surface area contributed by atoms with Crippen molar-refractivity contribution in [2.24, 2.45) is 0 Å². The Balaban J connectivity index is 2.00. The topological polar surface area (TPSA) is 245 Å². The molecule has 212 valence electrons. The number of methoxy groups -OCH3 is 1. The highest BCUT2D eigenvalue weighted by Crippen LogP contribution is 2.39. The third kappa shape index (κ3) is 5.38. The Hall–Kier alpha value is -2.73. The minimum atomic E-state index is -2.69. The molecule has 9 N–H and O–H groups in total. The van der Waals surface area contributed by atoms with E-state index in [-0.39, 0.29) is 11.1 Å². The number of aliphatic hydroxyl groups is 6. The van der Waals surface area contributed by atoms with Crippen LogP contribution in [0.25, 0.3) is 0 Å². The number of aliphatic hydroxyl groups excluding tert-OH is 5. The summed E-state index contributed by atoms with van der Waals surface area (Å²) in [4.78, 5) is 36.3. The molecule has 0 saturated carbocycles. The minimum Gasteiger partial charge on any atom is -0.478 e. The van der Waals surface area contributed by atoms with Crippen molar-refractivity contribution in [1.29, 1.82) is 0 Å². The summed E-state index contributed by atoms with van der Waals surface area (Å²) < 4.78 is 16.2. The lowest BCUT2D eigenvalue weighted by Gasteiger charge is -2.55. The van der Waals surface area contributed by atoms with Gasteiger partial charge in [-0.2, -0.15) is 0 Å². The van der Waals surface area contributed by atoms with Crippen molar-refractivity contribution in [2.75, 3.05) is 20.3 Å². The van der Waals surface area contributed by atoms with E-state index in [2.05, 4.69) is 10.6 Å². The van der Waals surface area contributed by atoms with Gasteiger partial charge in [-0.25, -0.2) is 4.79 Å². The van der Waals surface area contributed by atoms with E-state index in [1.165, 1.54) is 31.4 Å². The summed E-state index contributed by atoms with van der Waals surface area (Å²) in [5.74, 6) is -3.06. The summed E-state index contributed by atoms with van der Waals surface area (Å²) in [7, 11) is 1.19. The molecule has 0 radical (unpaired) electrons. The van der Waals surface area contributed by atoms with Crippen LogP contribution in [0.5, 0.6) is 0 Å². The zero-order chi connectivity index (χ0) is 28.4. The Kier molecular flexibility index (Phi) is 9.40. The van der Waals surface area contributed by atoms with Gasteiger partial charge in [0.1, 0.15) is 48.3 Å². The number of ether oxygens (including phenoxy) is 3. The summed E-state index contributed by atoms with van der Waals surface area (Å²) in [5, 5.41) is 78.6. The summed E-state index contributed by atoms with van der Waals surface area (Å²) in [6.07, 6.45) is -12.2. The summed E-state index contributed by atoms with van der Waals surface area (Å²) in [6, 6.07) is 2.08. The van der Waals surface area contributed by atoms with Crippen molar-refractivity contribution in [3.8, 4) is 0 Å². The molecule has 2 heterocycles. The number of aromatic carboxylic acids is 1. The maximum Gasteiger partial charge on any atom is 0.336 e. The van der Waals surface area contributed by atoms with Crippen LogP contribution in [0.2, 0.25) is 0 Å². The Bertz CT molecular complexity index is 1020. The number of benzene rings is 1. The van der Waals surface area contributed by atoms with E-state index in [4.69, 9.17) is 14.2 Å². The molecule has 15 nitrogen and oxygen atoms in total. The molecule has 0 bridgehead atoms. The fourth-order valence-electron chi connectivity index (χ4n) is 4.88.